The molecular formula is C28H30N6O2. The van der Waals surface area contributed by atoms with E-state index in [-0.39, 0.29) is 11.9 Å². The number of benzene rings is 1. The van der Waals surface area contributed by atoms with Crippen LogP contribution in [0.1, 0.15) is 18.5 Å². The van der Waals surface area contributed by atoms with E-state index in [9.17, 15) is 4.79 Å². The molecule has 8 nitrogen and oxygen atoms in total. The Kier molecular flexibility index (Phi) is 6.11. The van der Waals surface area contributed by atoms with E-state index in [4.69, 9.17) is 4.74 Å². The molecule has 0 radical (unpaired) electrons. The van der Waals surface area contributed by atoms with Crippen molar-refractivity contribution >= 4 is 22.6 Å². The first-order valence-electron chi connectivity index (χ1n) is 12.6. The number of imidazole rings is 1. The molecule has 1 aliphatic heterocycles. The highest BCUT2D eigenvalue weighted by Crippen LogP contribution is 2.35. The second kappa shape index (κ2) is 9.70. The fourth-order valence-electron chi connectivity index (χ4n) is 4.91. The van der Waals surface area contributed by atoms with Gasteiger partial charge in [-0.3, -0.25) is 14.8 Å². The molecule has 1 aromatic carbocycles. The number of H-pyrrole nitrogens is 1. The number of esters is 1. The number of hydrogen-bond acceptors (Lipinski definition) is 7. The molecule has 1 saturated carbocycles. The van der Waals surface area contributed by atoms with E-state index in [1.807, 2.05) is 43.5 Å². The van der Waals surface area contributed by atoms with Gasteiger partial charge >= 0.3 is 5.97 Å². The summed E-state index contributed by atoms with van der Waals surface area (Å²) < 4.78 is 5.47. The predicted octanol–water partition coefficient (Wildman–Crippen LogP) is 4.20. The Morgan fingerprint density at radius 1 is 1.11 bits per heavy atom. The number of nitrogens with one attached hydrogen (secondary N) is 3. The van der Waals surface area contributed by atoms with Gasteiger partial charge in [-0.15, -0.1) is 0 Å². The fraction of sp³-hybridized carbons (Fsp3) is 0.357. The van der Waals surface area contributed by atoms with Gasteiger partial charge in [0.05, 0.1) is 53.3 Å². The minimum absolute atomic E-state index is 0.0309. The zero-order valence-corrected chi connectivity index (χ0v) is 20.3. The van der Waals surface area contributed by atoms with Crippen molar-refractivity contribution in [2.24, 2.45) is 17.8 Å². The zero-order chi connectivity index (χ0) is 24.5. The average molecular weight is 483 g/mol. The second-order valence-electron chi connectivity index (χ2n) is 9.99. The number of nitrogens with zero attached hydrogens (tertiary/aromatic N) is 3. The number of aromatic nitrogens is 4. The highest BCUT2D eigenvalue weighted by atomic mass is 16.5. The molecule has 0 unspecified atom stereocenters. The van der Waals surface area contributed by atoms with Crippen LogP contribution < -0.4 is 10.6 Å². The molecular weight excluding hydrogens is 452 g/mol. The summed E-state index contributed by atoms with van der Waals surface area (Å²) in [6.07, 6.45) is 5.35. The summed E-state index contributed by atoms with van der Waals surface area (Å²) in [5, 5.41) is 7.76. The van der Waals surface area contributed by atoms with Crippen molar-refractivity contribution in [1.29, 1.82) is 0 Å². The number of rotatable bonds is 8. The maximum atomic E-state index is 12.2. The maximum absolute atomic E-state index is 12.2. The highest BCUT2D eigenvalue weighted by Gasteiger charge is 2.36. The minimum Gasteiger partial charge on any atom is -0.465 e. The minimum atomic E-state index is -0.0309. The normalized spacial score (nSPS) is 19.5. The number of hydrogen-bond donors (Lipinski definition) is 3. The van der Waals surface area contributed by atoms with E-state index in [1.165, 1.54) is 0 Å². The van der Waals surface area contributed by atoms with Crippen LogP contribution in [-0.2, 0) is 9.53 Å². The summed E-state index contributed by atoms with van der Waals surface area (Å²) in [7, 11) is 0. The van der Waals surface area contributed by atoms with Crippen molar-refractivity contribution in [3.05, 3.63) is 60.7 Å². The SMILES string of the molecule is Cc1cccc(-c2[nH]cnc2-c2ccc3ncc(NC[C@H]4C[C@H](C(=O)OCC5CNC5)C4)cc3c2)n1. The highest BCUT2D eigenvalue weighted by molar-refractivity contribution is 5.88. The number of carbonyl (C=O) groups excluding carboxylic acids is 1. The Hall–Kier alpha value is -3.78. The molecule has 0 bridgehead atoms. The van der Waals surface area contributed by atoms with E-state index in [1.54, 1.807) is 6.33 Å². The third-order valence-corrected chi connectivity index (χ3v) is 7.23. The van der Waals surface area contributed by atoms with Gasteiger partial charge < -0.3 is 20.4 Å². The Morgan fingerprint density at radius 3 is 2.81 bits per heavy atom. The molecule has 0 spiro atoms. The lowest BCUT2D eigenvalue weighted by Gasteiger charge is -2.34. The number of fused-ring (bicyclic) bond motifs is 1. The van der Waals surface area contributed by atoms with Gasteiger partial charge in [-0.05, 0) is 56.0 Å². The molecule has 0 amide bonds. The van der Waals surface area contributed by atoms with Gasteiger partial charge in [-0.1, -0.05) is 12.1 Å². The summed E-state index contributed by atoms with van der Waals surface area (Å²) in [5.74, 6) is 0.985. The Balaban J connectivity index is 1.10. The van der Waals surface area contributed by atoms with Gasteiger partial charge in [-0.2, -0.15) is 0 Å². The Morgan fingerprint density at radius 2 is 2.00 bits per heavy atom. The Labute approximate surface area is 209 Å². The second-order valence-corrected chi connectivity index (χ2v) is 9.99. The van der Waals surface area contributed by atoms with Gasteiger partial charge in [0, 0.05) is 42.2 Å². The topological polar surface area (TPSA) is 105 Å². The Bertz CT molecular complexity index is 1390. The van der Waals surface area contributed by atoms with Crippen molar-refractivity contribution in [3.63, 3.8) is 0 Å². The maximum Gasteiger partial charge on any atom is 0.308 e. The van der Waals surface area contributed by atoms with Crippen LogP contribution in [-0.4, -0.2) is 52.1 Å². The van der Waals surface area contributed by atoms with Crippen LogP contribution in [0.15, 0.2) is 55.0 Å². The zero-order valence-electron chi connectivity index (χ0n) is 20.3. The number of anilines is 1. The lowest BCUT2D eigenvalue weighted by atomic mass is 9.75. The quantitative estimate of drug-likeness (QED) is 0.323. The van der Waals surface area contributed by atoms with Crippen LogP contribution >= 0.6 is 0 Å². The molecule has 2 fully saturated rings. The first-order chi connectivity index (χ1) is 17.6. The van der Waals surface area contributed by atoms with E-state index >= 15 is 0 Å². The lowest BCUT2D eigenvalue weighted by Crippen LogP contribution is -2.45. The molecule has 2 aliphatic rings. The fourth-order valence-corrected chi connectivity index (χ4v) is 4.91. The van der Waals surface area contributed by atoms with Gasteiger partial charge in [0.15, 0.2) is 0 Å². The summed E-state index contributed by atoms with van der Waals surface area (Å²) in [4.78, 5) is 29.3. The lowest BCUT2D eigenvalue weighted by molar-refractivity contribution is -0.155. The smallest absolute Gasteiger partial charge is 0.308 e. The number of pyridine rings is 2. The standard InChI is InChI=1S/C28H30N6O2/c1-17-3-2-4-25(34-17)27-26(32-16-33-27)20-5-6-24-21(9-20)10-23(14-31-24)30-13-18-7-22(8-18)28(35)36-15-19-11-29-12-19/h2-6,9-10,14,16,18-19,22,29-30H,7-8,11-13,15H2,1H3,(H,32,33)/t18-,22-. The summed E-state index contributed by atoms with van der Waals surface area (Å²) >= 11 is 0. The van der Waals surface area contributed by atoms with Gasteiger partial charge in [0.2, 0.25) is 0 Å². The molecule has 6 rings (SSSR count). The molecule has 36 heavy (non-hydrogen) atoms. The van der Waals surface area contributed by atoms with Gasteiger partial charge in [0.1, 0.15) is 0 Å². The third kappa shape index (κ3) is 4.68. The molecule has 4 aromatic rings. The van der Waals surface area contributed by atoms with Crippen molar-refractivity contribution in [1.82, 2.24) is 25.3 Å². The van der Waals surface area contributed by atoms with E-state index in [2.05, 4.69) is 42.7 Å². The van der Waals surface area contributed by atoms with E-state index in [0.717, 1.165) is 77.4 Å². The molecule has 8 heteroatoms. The molecule has 1 saturated heterocycles. The number of carbonyl (C=O) groups is 1. The number of aromatic amines is 1. The average Bonchev–Trinajstić information content (AvgIpc) is 3.32. The van der Waals surface area contributed by atoms with Crippen molar-refractivity contribution < 1.29 is 9.53 Å². The molecule has 184 valence electrons. The first-order valence-corrected chi connectivity index (χ1v) is 12.6. The van der Waals surface area contributed by atoms with E-state index in [0.29, 0.717) is 18.4 Å². The van der Waals surface area contributed by atoms with Gasteiger partial charge in [-0.25, -0.2) is 4.98 Å². The summed E-state index contributed by atoms with van der Waals surface area (Å²) in [6, 6.07) is 14.3. The van der Waals surface area contributed by atoms with Crippen molar-refractivity contribution in [3.8, 4) is 22.6 Å². The molecule has 0 atom stereocenters. The van der Waals surface area contributed by atoms with Crippen LogP contribution in [0, 0.1) is 24.7 Å². The monoisotopic (exact) mass is 482 g/mol. The number of ether oxygens (including phenoxy) is 1. The van der Waals surface area contributed by atoms with E-state index < -0.39 is 0 Å². The van der Waals surface area contributed by atoms with Crippen LogP contribution in [0.4, 0.5) is 5.69 Å². The van der Waals surface area contributed by atoms with Crippen LogP contribution in [0.5, 0.6) is 0 Å². The van der Waals surface area contributed by atoms with Crippen molar-refractivity contribution in [2.75, 3.05) is 31.6 Å². The number of aryl methyl sites for hydroxylation is 1. The summed E-state index contributed by atoms with van der Waals surface area (Å²) in [5.41, 5.74) is 6.54. The van der Waals surface area contributed by atoms with Crippen LogP contribution in [0.2, 0.25) is 0 Å². The molecule has 4 heterocycles. The summed E-state index contributed by atoms with van der Waals surface area (Å²) in [6.45, 7) is 5.28. The molecule has 3 N–H and O–H groups in total. The van der Waals surface area contributed by atoms with Crippen molar-refractivity contribution in [2.45, 2.75) is 19.8 Å². The molecule has 3 aromatic heterocycles. The third-order valence-electron chi connectivity index (χ3n) is 7.23. The first kappa shape index (κ1) is 22.7. The van der Waals surface area contributed by atoms with Crippen LogP contribution in [0.25, 0.3) is 33.5 Å². The van der Waals surface area contributed by atoms with Gasteiger partial charge in [0.25, 0.3) is 0 Å². The largest absolute Gasteiger partial charge is 0.465 e. The molecule has 1 aliphatic carbocycles. The predicted molar refractivity (Wildman–Crippen MR) is 139 cm³/mol. The van der Waals surface area contributed by atoms with Crippen LogP contribution in [0.3, 0.4) is 0 Å².